The molecule has 0 fully saturated rings. The molecule has 0 atom stereocenters. The molecule has 2 aromatic carbocycles. The SMILES string of the molecule is CCN(c1cc(O)ccc1C)c1ccc(C)cc1C#N. The highest BCUT2D eigenvalue weighted by atomic mass is 16.3. The summed E-state index contributed by atoms with van der Waals surface area (Å²) in [6, 6.07) is 13.4. The minimum absolute atomic E-state index is 0.231. The molecular formula is C17H18N2O. The molecule has 3 heteroatoms. The van der Waals surface area contributed by atoms with Crippen LogP contribution in [0.3, 0.4) is 0 Å². The van der Waals surface area contributed by atoms with Gasteiger partial charge in [0.1, 0.15) is 11.8 Å². The minimum atomic E-state index is 0.231. The summed E-state index contributed by atoms with van der Waals surface area (Å²) >= 11 is 0. The predicted octanol–water partition coefficient (Wildman–Crippen LogP) is 4.04. The molecule has 0 bridgehead atoms. The summed E-state index contributed by atoms with van der Waals surface area (Å²) in [6.45, 7) is 6.73. The Bertz CT molecular complexity index is 671. The van der Waals surface area contributed by atoms with Crippen molar-refractivity contribution in [3.8, 4) is 11.8 Å². The molecule has 0 radical (unpaired) electrons. The van der Waals surface area contributed by atoms with Crippen LogP contribution in [0.5, 0.6) is 5.75 Å². The van der Waals surface area contributed by atoms with Crippen LogP contribution >= 0.6 is 0 Å². The van der Waals surface area contributed by atoms with Crippen molar-refractivity contribution in [3.05, 3.63) is 53.1 Å². The molecule has 0 amide bonds. The lowest BCUT2D eigenvalue weighted by atomic mass is 10.1. The maximum absolute atomic E-state index is 9.71. The van der Waals surface area contributed by atoms with E-state index in [1.54, 1.807) is 12.1 Å². The molecule has 0 unspecified atom stereocenters. The van der Waals surface area contributed by atoms with Gasteiger partial charge in [0.2, 0.25) is 0 Å². The summed E-state index contributed by atoms with van der Waals surface area (Å²) in [4.78, 5) is 2.05. The fraction of sp³-hybridized carbons (Fsp3) is 0.235. The quantitative estimate of drug-likeness (QED) is 0.912. The Balaban J connectivity index is 2.59. The van der Waals surface area contributed by atoms with Crippen LogP contribution in [0.15, 0.2) is 36.4 Å². The highest BCUT2D eigenvalue weighted by molar-refractivity contribution is 5.72. The molecule has 0 saturated carbocycles. The second-order valence-corrected chi connectivity index (χ2v) is 4.85. The van der Waals surface area contributed by atoms with Gasteiger partial charge < -0.3 is 10.0 Å². The Kier molecular flexibility index (Phi) is 3.95. The van der Waals surface area contributed by atoms with Crippen LogP contribution in [-0.4, -0.2) is 11.7 Å². The number of nitriles is 1. The first kappa shape index (κ1) is 14.0. The standard InChI is InChI=1S/C17H18N2O/c1-4-19(17-10-15(20)7-6-13(17)3)16-8-5-12(2)9-14(16)11-18/h5-10,20H,4H2,1-3H3. The molecule has 0 aliphatic carbocycles. The van der Waals surface area contributed by atoms with E-state index in [1.165, 1.54) is 0 Å². The molecule has 3 nitrogen and oxygen atoms in total. The van der Waals surface area contributed by atoms with Crippen LogP contribution in [-0.2, 0) is 0 Å². The average Bonchev–Trinajstić information content (AvgIpc) is 2.44. The Labute approximate surface area is 119 Å². The largest absolute Gasteiger partial charge is 0.508 e. The van der Waals surface area contributed by atoms with Gasteiger partial charge in [0.15, 0.2) is 0 Å². The Morgan fingerprint density at radius 3 is 2.50 bits per heavy atom. The lowest BCUT2D eigenvalue weighted by Crippen LogP contribution is -2.18. The third kappa shape index (κ3) is 2.60. The van der Waals surface area contributed by atoms with Crippen molar-refractivity contribution < 1.29 is 5.11 Å². The molecule has 2 aromatic rings. The first-order chi connectivity index (χ1) is 9.56. The van der Waals surface area contributed by atoms with Gasteiger partial charge in [0.05, 0.1) is 11.3 Å². The predicted molar refractivity (Wildman–Crippen MR) is 81.4 cm³/mol. The fourth-order valence-electron chi connectivity index (χ4n) is 2.33. The Morgan fingerprint density at radius 1 is 1.10 bits per heavy atom. The van der Waals surface area contributed by atoms with Gasteiger partial charge >= 0.3 is 0 Å². The number of rotatable bonds is 3. The smallest absolute Gasteiger partial charge is 0.117 e. The van der Waals surface area contributed by atoms with Crippen LogP contribution in [0, 0.1) is 25.2 Å². The van der Waals surface area contributed by atoms with Crippen LogP contribution < -0.4 is 4.90 Å². The van der Waals surface area contributed by atoms with E-state index in [4.69, 9.17) is 0 Å². The van der Waals surface area contributed by atoms with Crippen LogP contribution in [0.1, 0.15) is 23.6 Å². The molecule has 0 heterocycles. The van der Waals surface area contributed by atoms with Gasteiger partial charge in [-0.05, 0) is 50.1 Å². The summed E-state index contributed by atoms with van der Waals surface area (Å²) in [7, 11) is 0. The first-order valence-corrected chi connectivity index (χ1v) is 6.64. The second kappa shape index (κ2) is 5.66. The number of phenolic OH excluding ortho intramolecular Hbond substituents is 1. The van der Waals surface area contributed by atoms with Crippen molar-refractivity contribution in [1.82, 2.24) is 0 Å². The number of nitrogens with zero attached hydrogens (tertiary/aromatic N) is 2. The molecular weight excluding hydrogens is 248 g/mol. The van der Waals surface area contributed by atoms with E-state index in [2.05, 4.69) is 6.07 Å². The number of aryl methyl sites for hydroxylation is 2. The highest BCUT2D eigenvalue weighted by Gasteiger charge is 2.14. The number of aromatic hydroxyl groups is 1. The Hall–Kier alpha value is -2.47. The van der Waals surface area contributed by atoms with Gasteiger partial charge in [-0.1, -0.05) is 12.1 Å². The minimum Gasteiger partial charge on any atom is -0.508 e. The summed E-state index contributed by atoms with van der Waals surface area (Å²) in [6.07, 6.45) is 0. The summed E-state index contributed by atoms with van der Waals surface area (Å²) in [5, 5.41) is 19.0. The van der Waals surface area contributed by atoms with Gasteiger partial charge in [0.25, 0.3) is 0 Å². The lowest BCUT2D eigenvalue weighted by Gasteiger charge is -2.26. The maximum atomic E-state index is 9.71. The molecule has 0 aromatic heterocycles. The number of hydrogen-bond acceptors (Lipinski definition) is 3. The van der Waals surface area contributed by atoms with E-state index in [-0.39, 0.29) is 5.75 Å². The molecule has 102 valence electrons. The molecule has 2 rings (SSSR count). The van der Waals surface area contributed by atoms with Crippen molar-refractivity contribution in [2.45, 2.75) is 20.8 Å². The van der Waals surface area contributed by atoms with Gasteiger partial charge in [-0.15, -0.1) is 0 Å². The van der Waals surface area contributed by atoms with Crippen LogP contribution in [0.2, 0.25) is 0 Å². The molecule has 20 heavy (non-hydrogen) atoms. The molecule has 0 saturated heterocycles. The topological polar surface area (TPSA) is 47.3 Å². The van der Waals surface area contributed by atoms with Crippen molar-refractivity contribution >= 4 is 11.4 Å². The van der Waals surface area contributed by atoms with Gasteiger partial charge in [-0.25, -0.2) is 0 Å². The summed E-state index contributed by atoms with van der Waals surface area (Å²) in [5.41, 5.74) is 4.57. The third-order valence-corrected chi connectivity index (χ3v) is 3.36. The highest BCUT2D eigenvalue weighted by Crippen LogP contribution is 2.33. The number of hydrogen-bond donors (Lipinski definition) is 1. The molecule has 0 spiro atoms. The number of phenols is 1. The van der Waals surface area contributed by atoms with Gasteiger partial charge in [-0.3, -0.25) is 0 Å². The van der Waals surface area contributed by atoms with Crippen molar-refractivity contribution in [2.24, 2.45) is 0 Å². The molecule has 0 aliphatic heterocycles. The average molecular weight is 266 g/mol. The monoisotopic (exact) mass is 266 g/mol. The maximum Gasteiger partial charge on any atom is 0.117 e. The van der Waals surface area contributed by atoms with Crippen LogP contribution in [0.25, 0.3) is 0 Å². The second-order valence-electron chi connectivity index (χ2n) is 4.85. The van der Waals surface area contributed by atoms with Gasteiger partial charge in [-0.2, -0.15) is 5.26 Å². The number of benzene rings is 2. The van der Waals surface area contributed by atoms with E-state index in [9.17, 15) is 10.4 Å². The van der Waals surface area contributed by atoms with Gasteiger partial charge in [0, 0.05) is 18.3 Å². The van der Waals surface area contributed by atoms with E-state index in [1.807, 2.05) is 49.9 Å². The van der Waals surface area contributed by atoms with Crippen molar-refractivity contribution in [2.75, 3.05) is 11.4 Å². The first-order valence-electron chi connectivity index (χ1n) is 6.64. The van der Waals surface area contributed by atoms with Crippen LogP contribution in [0.4, 0.5) is 11.4 Å². The van der Waals surface area contributed by atoms with E-state index in [0.717, 1.165) is 29.0 Å². The summed E-state index contributed by atoms with van der Waals surface area (Å²) < 4.78 is 0. The van der Waals surface area contributed by atoms with E-state index < -0.39 is 0 Å². The lowest BCUT2D eigenvalue weighted by molar-refractivity contribution is 0.475. The molecule has 1 N–H and O–H groups in total. The third-order valence-electron chi connectivity index (χ3n) is 3.36. The zero-order chi connectivity index (χ0) is 14.7. The molecule has 0 aliphatic rings. The van der Waals surface area contributed by atoms with E-state index >= 15 is 0 Å². The zero-order valence-corrected chi connectivity index (χ0v) is 12.0. The van der Waals surface area contributed by atoms with Crippen molar-refractivity contribution in [3.63, 3.8) is 0 Å². The Morgan fingerprint density at radius 2 is 1.85 bits per heavy atom. The summed E-state index contributed by atoms with van der Waals surface area (Å²) in [5.74, 6) is 0.231. The van der Waals surface area contributed by atoms with Crippen molar-refractivity contribution in [1.29, 1.82) is 5.26 Å². The van der Waals surface area contributed by atoms with E-state index in [0.29, 0.717) is 5.56 Å². The fourth-order valence-corrected chi connectivity index (χ4v) is 2.33. The normalized spacial score (nSPS) is 10.1. The zero-order valence-electron chi connectivity index (χ0n) is 12.0. The number of anilines is 2.